The first kappa shape index (κ1) is 11.6. The number of anilines is 2. The van der Waals surface area contributed by atoms with Crippen molar-refractivity contribution in [2.24, 2.45) is 0 Å². The van der Waals surface area contributed by atoms with Gasteiger partial charge in [-0.2, -0.15) is 11.8 Å². The van der Waals surface area contributed by atoms with E-state index in [-0.39, 0.29) is 0 Å². The van der Waals surface area contributed by atoms with Crippen LogP contribution in [0.4, 0.5) is 11.5 Å². The average Bonchev–Trinajstić information content (AvgIpc) is 2.76. The maximum absolute atomic E-state index is 4.22. The Balaban J connectivity index is 2.02. The highest BCUT2D eigenvalue weighted by atomic mass is 32.2. The highest BCUT2D eigenvalue weighted by Crippen LogP contribution is 2.30. The number of aromatic nitrogens is 1. The quantitative estimate of drug-likeness (QED) is 0.844. The normalized spacial score (nSPS) is 24.4. The molecule has 4 heteroatoms. The Labute approximate surface area is 101 Å². The molecular weight excluding hydrogens is 218 g/mol. The van der Waals surface area contributed by atoms with Crippen LogP contribution < -0.4 is 10.6 Å². The van der Waals surface area contributed by atoms with Gasteiger partial charge < -0.3 is 10.6 Å². The van der Waals surface area contributed by atoms with Crippen molar-refractivity contribution in [3.63, 3.8) is 0 Å². The van der Waals surface area contributed by atoms with Gasteiger partial charge in [0.25, 0.3) is 0 Å². The molecule has 1 aromatic heterocycles. The van der Waals surface area contributed by atoms with E-state index < -0.39 is 0 Å². The summed E-state index contributed by atoms with van der Waals surface area (Å²) in [6.45, 7) is 0. The zero-order valence-corrected chi connectivity index (χ0v) is 10.7. The van der Waals surface area contributed by atoms with Gasteiger partial charge in [-0.15, -0.1) is 0 Å². The molecule has 0 amide bonds. The maximum Gasteiger partial charge on any atom is 0.127 e. The van der Waals surface area contributed by atoms with Crippen LogP contribution in [0.5, 0.6) is 0 Å². The zero-order valence-electron chi connectivity index (χ0n) is 9.86. The minimum Gasteiger partial charge on any atom is -0.381 e. The van der Waals surface area contributed by atoms with E-state index in [2.05, 4.69) is 27.9 Å². The molecule has 0 aromatic carbocycles. The van der Waals surface area contributed by atoms with E-state index in [1.54, 1.807) is 0 Å². The van der Waals surface area contributed by atoms with Crippen LogP contribution in [0.3, 0.4) is 0 Å². The zero-order chi connectivity index (χ0) is 11.4. The van der Waals surface area contributed by atoms with E-state index in [1.807, 2.05) is 31.1 Å². The number of hydrogen-bond acceptors (Lipinski definition) is 4. The lowest BCUT2D eigenvalue weighted by Crippen LogP contribution is -2.25. The molecule has 1 fully saturated rings. The number of nitrogens with one attached hydrogen (secondary N) is 2. The molecule has 1 heterocycles. The summed E-state index contributed by atoms with van der Waals surface area (Å²) in [6.07, 6.45) is 8.01. The van der Waals surface area contributed by atoms with Crippen LogP contribution in [0.2, 0.25) is 0 Å². The topological polar surface area (TPSA) is 37.0 Å². The molecule has 2 unspecified atom stereocenters. The van der Waals surface area contributed by atoms with Gasteiger partial charge in [0.2, 0.25) is 0 Å². The Hall–Kier alpha value is -0.900. The van der Waals surface area contributed by atoms with Crippen molar-refractivity contribution in [1.29, 1.82) is 0 Å². The second-order valence-electron chi connectivity index (χ2n) is 4.14. The van der Waals surface area contributed by atoms with Crippen molar-refractivity contribution in [3.05, 3.63) is 18.3 Å². The van der Waals surface area contributed by atoms with E-state index in [0.29, 0.717) is 6.04 Å². The Morgan fingerprint density at radius 2 is 2.31 bits per heavy atom. The molecule has 0 spiro atoms. The van der Waals surface area contributed by atoms with E-state index in [0.717, 1.165) is 11.1 Å². The standard InChI is InChI=1S/C12H19N3S/c1-13-12-8-9(6-7-14-12)15-10-4-3-5-11(10)16-2/h6-8,10-11H,3-5H2,1-2H3,(H2,13,14,15). The lowest BCUT2D eigenvalue weighted by molar-refractivity contribution is 0.768. The number of pyridine rings is 1. The van der Waals surface area contributed by atoms with Crippen molar-refractivity contribution >= 4 is 23.3 Å². The second kappa shape index (κ2) is 5.43. The Morgan fingerprint density at radius 1 is 1.44 bits per heavy atom. The molecular formula is C12H19N3S. The number of thioether (sulfide) groups is 1. The molecule has 88 valence electrons. The number of rotatable bonds is 4. The molecule has 1 saturated carbocycles. The van der Waals surface area contributed by atoms with Crippen LogP contribution in [0, 0.1) is 0 Å². The lowest BCUT2D eigenvalue weighted by atomic mass is 10.2. The SMILES string of the molecule is CNc1cc(NC2CCCC2SC)ccn1. The largest absolute Gasteiger partial charge is 0.381 e. The molecule has 3 nitrogen and oxygen atoms in total. The highest BCUT2D eigenvalue weighted by Gasteiger charge is 2.26. The number of nitrogens with zero attached hydrogens (tertiary/aromatic N) is 1. The Bertz CT molecular complexity index is 343. The summed E-state index contributed by atoms with van der Waals surface area (Å²) < 4.78 is 0. The van der Waals surface area contributed by atoms with Crippen LogP contribution in [0.15, 0.2) is 18.3 Å². The third kappa shape index (κ3) is 2.61. The van der Waals surface area contributed by atoms with Crippen molar-refractivity contribution < 1.29 is 0 Å². The van der Waals surface area contributed by atoms with Crippen LogP contribution in [0.1, 0.15) is 19.3 Å². The van der Waals surface area contributed by atoms with Crippen LogP contribution in [-0.4, -0.2) is 29.6 Å². The third-order valence-electron chi connectivity index (χ3n) is 3.12. The fourth-order valence-electron chi connectivity index (χ4n) is 2.24. The van der Waals surface area contributed by atoms with E-state index in [9.17, 15) is 0 Å². The predicted molar refractivity (Wildman–Crippen MR) is 72.3 cm³/mol. The molecule has 1 aliphatic rings. The predicted octanol–water partition coefficient (Wildman–Crippen LogP) is 2.82. The van der Waals surface area contributed by atoms with Gasteiger partial charge >= 0.3 is 0 Å². The summed E-state index contributed by atoms with van der Waals surface area (Å²) >= 11 is 1.98. The van der Waals surface area contributed by atoms with Gasteiger partial charge in [-0.25, -0.2) is 4.98 Å². The molecule has 0 bridgehead atoms. The first-order valence-corrected chi connectivity index (χ1v) is 7.05. The molecule has 1 aliphatic carbocycles. The number of hydrogen-bond donors (Lipinski definition) is 2. The summed E-state index contributed by atoms with van der Waals surface area (Å²) in [5.74, 6) is 0.920. The summed E-state index contributed by atoms with van der Waals surface area (Å²) in [5, 5.41) is 7.43. The second-order valence-corrected chi connectivity index (χ2v) is 5.21. The van der Waals surface area contributed by atoms with Crippen molar-refractivity contribution in [1.82, 2.24) is 4.98 Å². The highest BCUT2D eigenvalue weighted by molar-refractivity contribution is 7.99. The van der Waals surface area contributed by atoms with Crippen molar-refractivity contribution in [2.75, 3.05) is 23.9 Å². The summed E-state index contributed by atoms with van der Waals surface area (Å²) in [4.78, 5) is 4.22. The van der Waals surface area contributed by atoms with Crippen LogP contribution >= 0.6 is 11.8 Å². The van der Waals surface area contributed by atoms with E-state index >= 15 is 0 Å². The molecule has 16 heavy (non-hydrogen) atoms. The van der Waals surface area contributed by atoms with Gasteiger partial charge in [0.1, 0.15) is 5.82 Å². The summed E-state index contributed by atoms with van der Waals surface area (Å²) in [5.41, 5.74) is 1.17. The van der Waals surface area contributed by atoms with Crippen molar-refractivity contribution in [2.45, 2.75) is 30.6 Å². The average molecular weight is 237 g/mol. The van der Waals surface area contributed by atoms with Gasteiger partial charge in [-0.05, 0) is 25.2 Å². The van der Waals surface area contributed by atoms with E-state index in [1.165, 1.54) is 24.9 Å². The monoisotopic (exact) mass is 237 g/mol. The van der Waals surface area contributed by atoms with Crippen molar-refractivity contribution in [3.8, 4) is 0 Å². The van der Waals surface area contributed by atoms with E-state index in [4.69, 9.17) is 0 Å². The fraction of sp³-hybridized carbons (Fsp3) is 0.583. The Kier molecular flexibility index (Phi) is 3.93. The van der Waals surface area contributed by atoms with Gasteiger partial charge in [0.05, 0.1) is 0 Å². The molecule has 2 atom stereocenters. The smallest absolute Gasteiger partial charge is 0.127 e. The Morgan fingerprint density at radius 3 is 3.06 bits per heavy atom. The molecule has 2 rings (SSSR count). The summed E-state index contributed by atoms with van der Waals surface area (Å²) in [6, 6.07) is 4.72. The minimum absolute atomic E-state index is 0.613. The molecule has 1 aromatic rings. The molecule has 2 N–H and O–H groups in total. The van der Waals surface area contributed by atoms with Gasteiger partial charge in [0, 0.05) is 36.3 Å². The fourth-order valence-corrected chi connectivity index (χ4v) is 3.18. The minimum atomic E-state index is 0.613. The van der Waals surface area contributed by atoms with Crippen LogP contribution in [-0.2, 0) is 0 Å². The summed E-state index contributed by atoms with van der Waals surface area (Å²) in [7, 11) is 1.90. The molecule has 0 radical (unpaired) electrons. The molecule has 0 aliphatic heterocycles. The van der Waals surface area contributed by atoms with Crippen LogP contribution in [0.25, 0.3) is 0 Å². The van der Waals surface area contributed by atoms with Gasteiger partial charge in [-0.3, -0.25) is 0 Å². The molecule has 0 saturated heterocycles. The maximum atomic E-state index is 4.22. The van der Waals surface area contributed by atoms with Gasteiger partial charge in [0.15, 0.2) is 0 Å². The third-order valence-corrected chi connectivity index (χ3v) is 4.29. The first-order chi connectivity index (χ1) is 7.83. The lowest BCUT2D eigenvalue weighted by Gasteiger charge is -2.20. The van der Waals surface area contributed by atoms with Gasteiger partial charge in [-0.1, -0.05) is 6.42 Å². The first-order valence-electron chi connectivity index (χ1n) is 5.76.